The van der Waals surface area contributed by atoms with Crippen LogP contribution in [-0.2, 0) is 20.7 Å². The first-order valence-electron chi connectivity index (χ1n) is 8.86. The van der Waals surface area contributed by atoms with Gasteiger partial charge in [0.1, 0.15) is 5.76 Å². The fourth-order valence-corrected chi connectivity index (χ4v) is 2.93. The summed E-state index contributed by atoms with van der Waals surface area (Å²) < 4.78 is 16.5. The third kappa shape index (κ3) is 4.28. The van der Waals surface area contributed by atoms with Crippen molar-refractivity contribution in [3.8, 4) is 11.5 Å². The zero-order valence-corrected chi connectivity index (χ0v) is 15.1. The molecule has 2 aromatic rings. The lowest BCUT2D eigenvalue weighted by Gasteiger charge is -2.34. The molecule has 1 aliphatic rings. The average Bonchev–Trinajstić information content (AvgIpc) is 3.02. The van der Waals surface area contributed by atoms with Crippen LogP contribution in [0.1, 0.15) is 37.6 Å². The molecule has 0 atom stereocenters. The standard InChI is InChI=1S/C19H24N2O5/c1-13-16(21-17(26-13)15-7-5-9-20-10-15)8-4-3-6-14-11-24-19(2,18(22)23)25-12-14/h5,7,9-10,14H,3-4,6,8,11-12H2,1-2H3,(H,22,23). The molecule has 140 valence electrons. The molecule has 26 heavy (non-hydrogen) atoms. The summed E-state index contributed by atoms with van der Waals surface area (Å²) in [5, 5.41) is 9.06. The Bertz CT molecular complexity index is 736. The number of hydrogen-bond acceptors (Lipinski definition) is 6. The Morgan fingerprint density at radius 3 is 2.77 bits per heavy atom. The van der Waals surface area contributed by atoms with Crippen molar-refractivity contribution in [3.63, 3.8) is 0 Å². The summed E-state index contributed by atoms with van der Waals surface area (Å²) in [6.45, 7) is 4.20. The lowest BCUT2D eigenvalue weighted by molar-refractivity contribution is -0.271. The number of hydrogen-bond donors (Lipinski definition) is 1. The highest BCUT2D eigenvalue weighted by molar-refractivity contribution is 5.75. The number of unbranched alkanes of at least 4 members (excludes halogenated alkanes) is 1. The highest BCUT2D eigenvalue weighted by atomic mass is 16.7. The van der Waals surface area contributed by atoms with Crippen molar-refractivity contribution >= 4 is 5.97 Å². The molecule has 0 radical (unpaired) electrons. The molecule has 1 saturated heterocycles. The molecule has 0 saturated carbocycles. The number of rotatable bonds is 7. The molecular formula is C19H24N2O5. The Balaban J connectivity index is 1.43. The Morgan fingerprint density at radius 1 is 1.35 bits per heavy atom. The predicted molar refractivity (Wildman–Crippen MR) is 93.5 cm³/mol. The number of oxazole rings is 1. The molecule has 0 spiro atoms. The van der Waals surface area contributed by atoms with Crippen molar-refractivity contribution in [1.82, 2.24) is 9.97 Å². The van der Waals surface area contributed by atoms with Gasteiger partial charge in [0.15, 0.2) is 0 Å². The maximum atomic E-state index is 11.1. The van der Waals surface area contributed by atoms with E-state index >= 15 is 0 Å². The van der Waals surface area contributed by atoms with Crippen LogP contribution in [0, 0.1) is 12.8 Å². The Hall–Kier alpha value is -2.25. The highest BCUT2D eigenvalue weighted by Crippen LogP contribution is 2.26. The molecule has 3 rings (SSSR count). The van der Waals surface area contributed by atoms with Crippen molar-refractivity contribution in [2.45, 2.75) is 45.3 Å². The summed E-state index contributed by atoms with van der Waals surface area (Å²) in [6, 6.07) is 3.79. The molecule has 0 aliphatic carbocycles. The van der Waals surface area contributed by atoms with Gasteiger partial charge in [0, 0.05) is 25.2 Å². The van der Waals surface area contributed by atoms with Crippen LogP contribution in [0.4, 0.5) is 0 Å². The molecule has 1 N–H and O–H groups in total. The summed E-state index contributed by atoms with van der Waals surface area (Å²) in [5.74, 6) is -0.913. The van der Waals surface area contributed by atoms with Gasteiger partial charge in [-0.2, -0.15) is 0 Å². The van der Waals surface area contributed by atoms with E-state index < -0.39 is 11.8 Å². The first-order chi connectivity index (χ1) is 12.5. The number of nitrogens with zero attached hydrogens (tertiary/aromatic N) is 2. The largest absolute Gasteiger partial charge is 0.477 e. The zero-order valence-electron chi connectivity index (χ0n) is 15.1. The maximum Gasteiger partial charge on any atom is 0.364 e. The Labute approximate surface area is 152 Å². The summed E-state index contributed by atoms with van der Waals surface area (Å²) >= 11 is 0. The van der Waals surface area contributed by atoms with Crippen LogP contribution >= 0.6 is 0 Å². The van der Waals surface area contributed by atoms with Crippen molar-refractivity contribution in [2.24, 2.45) is 5.92 Å². The lowest BCUT2D eigenvalue weighted by atomic mass is 10.0. The number of aliphatic carboxylic acids is 1. The number of carbonyl (C=O) groups is 1. The van der Waals surface area contributed by atoms with Gasteiger partial charge in [-0.1, -0.05) is 6.42 Å². The fraction of sp³-hybridized carbons (Fsp3) is 0.526. The van der Waals surface area contributed by atoms with E-state index in [9.17, 15) is 4.79 Å². The van der Waals surface area contributed by atoms with Crippen LogP contribution in [0.5, 0.6) is 0 Å². The second-order valence-electron chi connectivity index (χ2n) is 6.75. The monoisotopic (exact) mass is 360 g/mol. The van der Waals surface area contributed by atoms with E-state index in [2.05, 4.69) is 9.97 Å². The summed E-state index contributed by atoms with van der Waals surface area (Å²) in [4.78, 5) is 19.7. The SMILES string of the molecule is Cc1oc(-c2cccnc2)nc1CCCCC1COC(C)(C(=O)O)OC1. The number of aryl methyl sites for hydroxylation is 2. The number of carboxylic acid groups (broad SMARTS) is 1. The minimum Gasteiger partial charge on any atom is -0.477 e. The molecule has 7 heteroatoms. The normalized spacial score (nSPS) is 23.1. The van der Waals surface area contributed by atoms with Gasteiger partial charge in [0.2, 0.25) is 5.89 Å². The predicted octanol–water partition coefficient (Wildman–Crippen LogP) is 3.22. The fourth-order valence-electron chi connectivity index (χ4n) is 2.93. The zero-order chi connectivity index (χ0) is 18.6. The van der Waals surface area contributed by atoms with Crippen molar-refractivity contribution in [3.05, 3.63) is 36.0 Å². The van der Waals surface area contributed by atoms with E-state index in [1.54, 1.807) is 12.4 Å². The van der Waals surface area contributed by atoms with E-state index in [1.807, 2.05) is 19.1 Å². The van der Waals surface area contributed by atoms with Crippen LogP contribution < -0.4 is 0 Å². The van der Waals surface area contributed by atoms with Crippen LogP contribution in [0.2, 0.25) is 0 Å². The molecule has 0 amide bonds. The van der Waals surface area contributed by atoms with Crippen molar-refractivity contribution < 1.29 is 23.8 Å². The van der Waals surface area contributed by atoms with E-state index in [-0.39, 0.29) is 5.92 Å². The van der Waals surface area contributed by atoms with Gasteiger partial charge in [-0.05, 0) is 38.3 Å². The molecule has 2 aromatic heterocycles. The van der Waals surface area contributed by atoms with Gasteiger partial charge in [0.25, 0.3) is 5.79 Å². The number of pyridine rings is 1. The Morgan fingerprint density at radius 2 is 2.12 bits per heavy atom. The second-order valence-corrected chi connectivity index (χ2v) is 6.75. The molecule has 3 heterocycles. The van der Waals surface area contributed by atoms with Crippen molar-refractivity contribution in [1.29, 1.82) is 0 Å². The summed E-state index contributed by atoms with van der Waals surface area (Å²) in [7, 11) is 0. The summed E-state index contributed by atoms with van der Waals surface area (Å²) in [6.07, 6.45) is 7.21. The van der Waals surface area contributed by atoms with Crippen molar-refractivity contribution in [2.75, 3.05) is 13.2 Å². The maximum absolute atomic E-state index is 11.1. The third-order valence-electron chi connectivity index (χ3n) is 4.65. The van der Waals surface area contributed by atoms with Crippen LogP contribution in [0.15, 0.2) is 28.9 Å². The first kappa shape index (κ1) is 18.5. The van der Waals surface area contributed by atoms with E-state index in [4.69, 9.17) is 19.0 Å². The molecular weight excluding hydrogens is 336 g/mol. The molecule has 7 nitrogen and oxygen atoms in total. The molecule has 1 aliphatic heterocycles. The lowest BCUT2D eigenvalue weighted by Crippen LogP contribution is -2.47. The number of aromatic nitrogens is 2. The smallest absolute Gasteiger partial charge is 0.364 e. The van der Waals surface area contributed by atoms with Gasteiger partial charge in [-0.3, -0.25) is 4.98 Å². The quantitative estimate of drug-likeness (QED) is 0.758. The second kappa shape index (κ2) is 7.97. The Kier molecular flexibility index (Phi) is 5.68. The van der Waals surface area contributed by atoms with E-state index in [0.29, 0.717) is 19.1 Å². The minimum atomic E-state index is -1.50. The van der Waals surface area contributed by atoms with Gasteiger partial charge in [-0.15, -0.1) is 0 Å². The average molecular weight is 360 g/mol. The molecule has 1 fully saturated rings. The molecule has 0 unspecified atom stereocenters. The van der Waals surface area contributed by atoms with Crippen LogP contribution in [0.25, 0.3) is 11.5 Å². The topological polar surface area (TPSA) is 94.7 Å². The van der Waals surface area contributed by atoms with Gasteiger partial charge < -0.3 is 19.0 Å². The van der Waals surface area contributed by atoms with Gasteiger partial charge in [-0.25, -0.2) is 9.78 Å². The highest BCUT2D eigenvalue weighted by Gasteiger charge is 2.40. The minimum absolute atomic E-state index is 0.229. The summed E-state index contributed by atoms with van der Waals surface area (Å²) in [5.41, 5.74) is 1.85. The number of carboxylic acids is 1. The van der Waals surface area contributed by atoms with Crippen LogP contribution in [0.3, 0.4) is 0 Å². The van der Waals surface area contributed by atoms with Gasteiger partial charge in [0.05, 0.1) is 24.5 Å². The van der Waals surface area contributed by atoms with Crippen LogP contribution in [-0.4, -0.2) is 40.0 Å². The molecule has 0 aromatic carbocycles. The third-order valence-corrected chi connectivity index (χ3v) is 4.65. The van der Waals surface area contributed by atoms with E-state index in [1.165, 1.54) is 6.92 Å². The molecule has 0 bridgehead atoms. The van der Waals surface area contributed by atoms with E-state index in [0.717, 1.165) is 42.7 Å². The first-order valence-corrected chi connectivity index (χ1v) is 8.86. The van der Waals surface area contributed by atoms with Gasteiger partial charge >= 0.3 is 5.97 Å². The number of ether oxygens (including phenoxy) is 2.